The molecule has 0 aromatic heterocycles. The van der Waals surface area contributed by atoms with Crippen molar-refractivity contribution in [2.45, 2.75) is 25.8 Å². The van der Waals surface area contributed by atoms with Crippen molar-refractivity contribution in [3.05, 3.63) is 11.1 Å². The molecule has 0 N–H and O–H groups in total. The Kier molecular flexibility index (Phi) is 4.14. The van der Waals surface area contributed by atoms with Gasteiger partial charge in [0.2, 0.25) is 11.9 Å². The fraction of sp³-hybridized carbons (Fsp3) is 0.600. The SMILES string of the molecule is C/C(Cl)=C\CN1C(=[N+]2CCCC2)N=C2C1C(=O)N(C)C(=O)N2C. The van der Waals surface area contributed by atoms with Gasteiger partial charge in [0.25, 0.3) is 5.91 Å². The standard InChI is InChI=1S/C15H21ClN5O2/c1-10(16)6-9-21-11-12(17-14(21)20-7-4-5-8-20)18(2)15(23)19(3)13(11)22/h6,11H,4-5,7-9H2,1-3H3/q+1/b10-6+. The van der Waals surface area contributed by atoms with E-state index in [1.54, 1.807) is 14.0 Å². The van der Waals surface area contributed by atoms with Crippen molar-refractivity contribution >= 4 is 35.3 Å². The summed E-state index contributed by atoms with van der Waals surface area (Å²) in [5, 5.41) is 0.667. The second kappa shape index (κ2) is 5.96. The van der Waals surface area contributed by atoms with E-state index in [1.807, 2.05) is 11.0 Å². The summed E-state index contributed by atoms with van der Waals surface area (Å²) in [6.07, 6.45) is 4.08. The van der Waals surface area contributed by atoms with Gasteiger partial charge in [-0.2, -0.15) is 0 Å². The molecule has 0 aromatic rings. The quantitative estimate of drug-likeness (QED) is 0.703. The van der Waals surface area contributed by atoms with Gasteiger partial charge in [-0.1, -0.05) is 16.6 Å². The third-order valence-electron chi connectivity index (χ3n) is 4.47. The molecule has 3 aliphatic rings. The summed E-state index contributed by atoms with van der Waals surface area (Å²) < 4.78 is 2.17. The number of halogens is 1. The average molecular weight is 339 g/mol. The molecule has 3 rings (SSSR count). The van der Waals surface area contributed by atoms with Crippen molar-refractivity contribution in [2.75, 3.05) is 33.7 Å². The van der Waals surface area contributed by atoms with Crippen LogP contribution >= 0.6 is 11.6 Å². The van der Waals surface area contributed by atoms with Crippen LogP contribution < -0.4 is 0 Å². The molecule has 8 heteroatoms. The van der Waals surface area contributed by atoms with E-state index in [-0.39, 0.29) is 11.9 Å². The Morgan fingerprint density at radius 3 is 2.57 bits per heavy atom. The van der Waals surface area contributed by atoms with Gasteiger partial charge in [0.15, 0.2) is 0 Å². The average Bonchev–Trinajstić information content (AvgIpc) is 3.15. The first-order valence-electron chi connectivity index (χ1n) is 7.76. The van der Waals surface area contributed by atoms with E-state index in [0.29, 0.717) is 17.4 Å². The number of hydrogen-bond donors (Lipinski definition) is 0. The highest BCUT2D eigenvalue weighted by Crippen LogP contribution is 2.24. The number of hydrogen-bond acceptors (Lipinski definition) is 2. The Morgan fingerprint density at radius 1 is 1.30 bits per heavy atom. The first-order valence-corrected chi connectivity index (χ1v) is 8.14. The van der Waals surface area contributed by atoms with E-state index in [4.69, 9.17) is 11.6 Å². The van der Waals surface area contributed by atoms with Crippen LogP contribution in [0.3, 0.4) is 0 Å². The van der Waals surface area contributed by atoms with Crippen LogP contribution in [-0.4, -0.2) is 82.8 Å². The molecular formula is C15H21ClN5O2+. The Hall–Kier alpha value is -1.89. The Morgan fingerprint density at radius 2 is 1.96 bits per heavy atom. The highest BCUT2D eigenvalue weighted by atomic mass is 35.5. The molecule has 0 aliphatic carbocycles. The minimum absolute atomic E-state index is 0.248. The molecule has 3 aliphatic heterocycles. The monoisotopic (exact) mass is 338 g/mol. The molecule has 0 radical (unpaired) electrons. The maximum Gasteiger partial charge on any atom is 0.392 e. The molecule has 0 aromatic carbocycles. The van der Waals surface area contributed by atoms with Gasteiger partial charge < -0.3 is 0 Å². The summed E-state index contributed by atoms with van der Waals surface area (Å²) >= 11 is 5.97. The van der Waals surface area contributed by atoms with Crippen molar-refractivity contribution in [1.29, 1.82) is 0 Å². The van der Waals surface area contributed by atoms with Crippen molar-refractivity contribution < 1.29 is 14.2 Å². The van der Waals surface area contributed by atoms with Gasteiger partial charge in [-0.3, -0.25) is 19.2 Å². The first-order chi connectivity index (χ1) is 10.9. The van der Waals surface area contributed by atoms with Crippen LogP contribution in [0.4, 0.5) is 4.79 Å². The lowest BCUT2D eigenvalue weighted by atomic mass is 10.1. The molecule has 3 amide bonds. The van der Waals surface area contributed by atoms with Crippen LogP contribution in [0.15, 0.2) is 16.1 Å². The van der Waals surface area contributed by atoms with Crippen LogP contribution in [0.5, 0.6) is 0 Å². The molecule has 2 fully saturated rings. The molecule has 23 heavy (non-hydrogen) atoms. The highest BCUT2D eigenvalue weighted by molar-refractivity contribution is 6.29. The second-order valence-corrected chi connectivity index (χ2v) is 6.64. The van der Waals surface area contributed by atoms with Crippen molar-refractivity contribution in [3.63, 3.8) is 0 Å². The van der Waals surface area contributed by atoms with Crippen LogP contribution in [0.2, 0.25) is 0 Å². The number of allylic oxidation sites excluding steroid dienone is 1. The Labute approximate surface area is 140 Å². The number of aliphatic imine (C=N–C) groups is 1. The molecule has 1 unspecified atom stereocenters. The molecule has 2 saturated heterocycles. The fourth-order valence-corrected chi connectivity index (χ4v) is 3.24. The zero-order valence-corrected chi connectivity index (χ0v) is 14.4. The van der Waals surface area contributed by atoms with Gasteiger partial charge in [0.05, 0.1) is 19.6 Å². The first kappa shape index (κ1) is 16.0. The van der Waals surface area contributed by atoms with Gasteiger partial charge in [0.1, 0.15) is 0 Å². The minimum Gasteiger partial charge on any atom is -0.270 e. The maximum atomic E-state index is 12.6. The molecule has 0 spiro atoms. The number of carbonyl (C=O) groups is 2. The Balaban J connectivity index is 2.05. The summed E-state index contributed by atoms with van der Waals surface area (Å²) in [7, 11) is 3.16. The summed E-state index contributed by atoms with van der Waals surface area (Å²) in [6, 6.07) is -0.915. The molecular weight excluding hydrogens is 318 g/mol. The number of amides is 3. The summed E-state index contributed by atoms with van der Waals surface area (Å²) in [5.74, 6) is 1.02. The third-order valence-corrected chi connectivity index (χ3v) is 4.62. The number of urea groups is 1. The summed E-state index contributed by atoms with van der Waals surface area (Å²) in [6.45, 7) is 4.13. The van der Waals surface area contributed by atoms with E-state index in [1.165, 1.54) is 11.9 Å². The van der Waals surface area contributed by atoms with Crippen molar-refractivity contribution in [2.24, 2.45) is 4.99 Å². The minimum atomic E-state index is -0.564. The number of guanidine groups is 1. The van der Waals surface area contributed by atoms with E-state index < -0.39 is 6.04 Å². The van der Waals surface area contributed by atoms with Gasteiger partial charge >= 0.3 is 12.0 Å². The van der Waals surface area contributed by atoms with Crippen LogP contribution in [-0.2, 0) is 4.79 Å². The van der Waals surface area contributed by atoms with E-state index in [0.717, 1.165) is 36.8 Å². The fourth-order valence-electron chi connectivity index (χ4n) is 3.17. The molecule has 124 valence electrons. The number of imide groups is 1. The zero-order chi connectivity index (χ0) is 16.7. The highest BCUT2D eigenvalue weighted by Gasteiger charge is 2.54. The van der Waals surface area contributed by atoms with Gasteiger partial charge in [-0.15, -0.1) is 0 Å². The van der Waals surface area contributed by atoms with E-state index in [2.05, 4.69) is 9.57 Å². The van der Waals surface area contributed by atoms with Crippen LogP contribution in [0, 0.1) is 0 Å². The van der Waals surface area contributed by atoms with Gasteiger partial charge in [-0.05, 0) is 25.8 Å². The number of carbonyl (C=O) groups excluding carboxylic acids is 2. The third kappa shape index (κ3) is 2.63. The van der Waals surface area contributed by atoms with Gasteiger partial charge in [0, 0.05) is 19.1 Å². The number of nitrogens with zero attached hydrogens (tertiary/aromatic N) is 5. The van der Waals surface area contributed by atoms with Crippen molar-refractivity contribution in [1.82, 2.24) is 14.7 Å². The number of fused-ring (bicyclic) bond motifs is 1. The van der Waals surface area contributed by atoms with Gasteiger partial charge in [-0.25, -0.2) is 9.69 Å². The second-order valence-electron chi connectivity index (χ2n) is 6.05. The zero-order valence-electron chi connectivity index (χ0n) is 13.6. The molecule has 3 heterocycles. The lowest BCUT2D eigenvalue weighted by Crippen LogP contribution is -2.62. The molecule has 0 bridgehead atoms. The topological polar surface area (TPSA) is 59.2 Å². The smallest absolute Gasteiger partial charge is 0.270 e. The lowest BCUT2D eigenvalue weighted by Gasteiger charge is -2.32. The number of rotatable bonds is 2. The van der Waals surface area contributed by atoms with E-state index >= 15 is 0 Å². The lowest BCUT2D eigenvalue weighted by molar-refractivity contribution is -0.511. The predicted octanol–water partition coefficient (Wildman–Crippen LogP) is 0.898. The van der Waals surface area contributed by atoms with E-state index in [9.17, 15) is 9.59 Å². The Bertz CT molecular complexity index is 642. The largest absolute Gasteiger partial charge is 0.392 e. The normalized spacial score (nSPS) is 25.6. The predicted molar refractivity (Wildman–Crippen MR) is 87.7 cm³/mol. The molecule has 7 nitrogen and oxygen atoms in total. The number of amidine groups is 1. The summed E-state index contributed by atoms with van der Waals surface area (Å²) in [4.78, 5) is 34.0. The van der Waals surface area contributed by atoms with Crippen LogP contribution in [0.1, 0.15) is 19.8 Å². The molecule has 0 saturated carbocycles. The number of likely N-dealkylation sites (N-methyl/N-ethyl adjacent to an activating group) is 2. The summed E-state index contributed by atoms with van der Waals surface area (Å²) in [5.41, 5.74) is 0. The van der Waals surface area contributed by atoms with Crippen molar-refractivity contribution in [3.8, 4) is 0 Å². The maximum absolute atomic E-state index is 12.6. The molecule has 1 atom stereocenters. The van der Waals surface area contributed by atoms with Crippen LogP contribution in [0.25, 0.3) is 0 Å².